The second-order valence-electron chi connectivity index (χ2n) is 10.7. The van der Waals surface area contributed by atoms with Gasteiger partial charge in [-0.05, 0) is 64.4 Å². The summed E-state index contributed by atoms with van der Waals surface area (Å²) in [4.78, 5) is 37.2. The lowest BCUT2D eigenvalue weighted by atomic mass is 9.86. The first-order chi connectivity index (χ1) is 16.2. The first-order valence-electron chi connectivity index (χ1n) is 11.5. The van der Waals surface area contributed by atoms with Gasteiger partial charge in [0.05, 0.1) is 5.56 Å². The summed E-state index contributed by atoms with van der Waals surface area (Å²) >= 11 is 0. The molecule has 0 saturated heterocycles. The van der Waals surface area contributed by atoms with Gasteiger partial charge in [0.25, 0.3) is 11.8 Å². The molecule has 0 aliphatic heterocycles. The summed E-state index contributed by atoms with van der Waals surface area (Å²) in [5.41, 5.74) is 3.51. The number of aromatic carboxylic acids is 1. The van der Waals surface area contributed by atoms with Gasteiger partial charge in [0.15, 0.2) is 0 Å². The van der Waals surface area contributed by atoms with Gasteiger partial charge in [-0.1, -0.05) is 65.8 Å². The molecule has 3 N–H and O–H groups in total. The van der Waals surface area contributed by atoms with Gasteiger partial charge in [0.2, 0.25) is 0 Å². The van der Waals surface area contributed by atoms with Crippen LogP contribution in [0, 0.1) is 0 Å². The van der Waals surface area contributed by atoms with E-state index in [4.69, 9.17) is 0 Å². The molecule has 0 aromatic heterocycles. The molecule has 0 aliphatic rings. The van der Waals surface area contributed by atoms with Crippen molar-refractivity contribution in [2.24, 2.45) is 0 Å². The van der Waals surface area contributed by atoms with E-state index in [1.165, 1.54) is 18.2 Å². The van der Waals surface area contributed by atoms with E-state index in [1.54, 1.807) is 24.3 Å². The number of hydrogen-bond acceptors (Lipinski definition) is 3. The number of carbonyl (C=O) groups excluding carboxylic acids is 2. The number of rotatable bonds is 5. The fraction of sp³-hybridized carbons (Fsp3) is 0.276. The lowest BCUT2D eigenvalue weighted by molar-refractivity contribution is 0.0696. The molecule has 0 fully saturated rings. The highest BCUT2D eigenvalue weighted by Gasteiger charge is 2.17. The number of nitrogens with one attached hydrogen (secondary N) is 2. The van der Waals surface area contributed by atoms with Gasteiger partial charge in [-0.3, -0.25) is 9.59 Å². The molecular weight excluding hydrogens is 440 g/mol. The first kappa shape index (κ1) is 25.7. The largest absolute Gasteiger partial charge is 0.478 e. The van der Waals surface area contributed by atoms with Crippen molar-refractivity contribution < 1.29 is 19.5 Å². The minimum atomic E-state index is -1.17. The summed E-state index contributed by atoms with van der Waals surface area (Å²) in [6.07, 6.45) is 0. The van der Waals surface area contributed by atoms with Crippen LogP contribution in [-0.2, 0) is 10.8 Å². The Morgan fingerprint density at radius 1 is 0.571 bits per heavy atom. The normalized spacial score (nSPS) is 11.6. The molecule has 0 atom stereocenters. The predicted molar refractivity (Wildman–Crippen MR) is 140 cm³/mol. The third-order valence-corrected chi connectivity index (χ3v) is 5.72. The van der Waals surface area contributed by atoms with Crippen molar-refractivity contribution in [1.82, 2.24) is 0 Å². The van der Waals surface area contributed by atoms with E-state index in [2.05, 4.69) is 52.2 Å². The summed E-state index contributed by atoms with van der Waals surface area (Å²) in [7, 11) is 0. The number of amides is 2. The second kappa shape index (κ2) is 9.74. The summed E-state index contributed by atoms with van der Waals surface area (Å²) in [5.74, 6) is -1.91. The summed E-state index contributed by atoms with van der Waals surface area (Å²) in [5, 5.41) is 15.0. The average Bonchev–Trinajstić information content (AvgIpc) is 2.78. The molecule has 3 rings (SSSR count). The Bertz CT molecular complexity index is 1160. The Hall–Kier alpha value is -3.93. The Morgan fingerprint density at radius 3 is 1.20 bits per heavy atom. The number of benzene rings is 3. The topological polar surface area (TPSA) is 95.5 Å². The Labute approximate surface area is 206 Å². The molecule has 182 valence electrons. The number of anilines is 2. The molecule has 0 aliphatic carbocycles. The minimum absolute atomic E-state index is 0.0367. The molecule has 3 aromatic rings. The maximum atomic E-state index is 12.8. The zero-order valence-corrected chi connectivity index (χ0v) is 21.0. The number of hydrogen-bond donors (Lipinski definition) is 3. The smallest absolute Gasteiger partial charge is 0.335 e. The van der Waals surface area contributed by atoms with Crippen LogP contribution in [0.2, 0.25) is 0 Å². The first-order valence-corrected chi connectivity index (χ1v) is 11.5. The molecule has 6 heteroatoms. The second-order valence-corrected chi connectivity index (χ2v) is 10.7. The van der Waals surface area contributed by atoms with E-state index in [9.17, 15) is 19.5 Å². The fourth-order valence-electron chi connectivity index (χ4n) is 3.55. The maximum absolute atomic E-state index is 12.8. The van der Waals surface area contributed by atoms with Gasteiger partial charge in [0, 0.05) is 22.5 Å². The van der Waals surface area contributed by atoms with Crippen molar-refractivity contribution in [3.8, 4) is 0 Å². The van der Waals surface area contributed by atoms with Crippen LogP contribution >= 0.6 is 0 Å². The fourth-order valence-corrected chi connectivity index (χ4v) is 3.55. The molecule has 0 saturated carbocycles. The van der Waals surface area contributed by atoms with E-state index >= 15 is 0 Å². The van der Waals surface area contributed by atoms with Crippen LogP contribution in [0.3, 0.4) is 0 Å². The van der Waals surface area contributed by atoms with Gasteiger partial charge in [-0.15, -0.1) is 0 Å². The Balaban J connectivity index is 1.81. The van der Waals surface area contributed by atoms with E-state index in [1.807, 2.05) is 24.3 Å². The minimum Gasteiger partial charge on any atom is -0.478 e. The van der Waals surface area contributed by atoms with Gasteiger partial charge < -0.3 is 15.7 Å². The highest BCUT2D eigenvalue weighted by atomic mass is 16.4. The summed E-state index contributed by atoms with van der Waals surface area (Å²) in [6.45, 7) is 12.5. The standard InChI is InChI=1S/C29H32N2O4/c1-28(2,3)21-11-7-18(8-12-21)25(32)30-23-15-20(27(34)35)16-24(17-23)31-26(33)19-9-13-22(14-10-19)29(4,5)6/h7-17H,1-6H3,(H,30,32)(H,31,33)(H,34,35). The molecule has 35 heavy (non-hydrogen) atoms. The summed E-state index contributed by atoms with van der Waals surface area (Å²) in [6, 6.07) is 18.8. The maximum Gasteiger partial charge on any atom is 0.335 e. The molecule has 0 unspecified atom stereocenters. The van der Waals surface area contributed by atoms with Crippen molar-refractivity contribution >= 4 is 29.2 Å². The van der Waals surface area contributed by atoms with E-state index in [-0.39, 0.29) is 39.6 Å². The van der Waals surface area contributed by atoms with Gasteiger partial charge in [0.1, 0.15) is 0 Å². The Morgan fingerprint density at radius 2 is 0.914 bits per heavy atom. The third-order valence-electron chi connectivity index (χ3n) is 5.72. The van der Waals surface area contributed by atoms with Crippen molar-refractivity contribution in [2.75, 3.05) is 10.6 Å². The quantitative estimate of drug-likeness (QED) is 0.396. The molecule has 3 aromatic carbocycles. The van der Waals surface area contributed by atoms with Gasteiger partial charge in [-0.25, -0.2) is 4.79 Å². The summed E-state index contributed by atoms with van der Waals surface area (Å²) < 4.78 is 0. The Kier molecular flexibility index (Phi) is 7.15. The monoisotopic (exact) mass is 472 g/mol. The van der Waals surface area contributed by atoms with E-state index in [0.717, 1.165) is 11.1 Å². The molecule has 2 amide bonds. The van der Waals surface area contributed by atoms with Crippen LogP contribution in [0.25, 0.3) is 0 Å². The number of carbonyl (C=O) groups is 3. The van der Waals surface area contributed by atoms with Gasteiger partial charge in [-0.2, -0.15) is 0 Å². The van der Waals surface area contributed by atoms with Crippen LogP contribution in [0.4, 0.5) is 11.4 Å². The van der Waals surface area contributed by atoms with Crippen molar-refractivity contribution in [1.29, 1.82) is 0 Å². The number of carboxylic acids is 1. The molecule has 0 spiro atoms. The van der Waals surface area contributed by atoms with Crippen LogP contribution in [-0.4, -0.2) is 22.9 Å². The molecular formula is C29H32N2O4. The molecule has 0 radical (unpaired) electrons. The van der Waals surface area contributed by atoms with Crippen LogP contribution in [0.1, 0.15) is 83.7 Å². The highest BCUT2D eigenvalue weighted by molar-refractivity contribution is 6.07. The van der Waals surface area contributed by atoms with Crippen LogP contribution < -0.4 is 10.6 Å². The van der Waals surface area contributed by atoms with E-state index in [0.29, 0.717) is 11.1 Å². The van der Waals surface area contributed by atoms with Crippen LogP contribution in [0.5, 0.6) is 0 Å². The lowest BCUT2D eigenvalue weighted by Gasteiger charge is -2.19. The van der Waals surface area contributed by atoms with Crippen LogP contribution in [0.15, 0.2) is 66.7 Å². The predicted octanol–water partition coefficient (Wildman–Crippen LogP) is 6.48. The molecule has 0 bridgehead atoms. The van der Waals surface area contributed by atoms with Crippen molar-refractivity contribution in [3.05, 3.63) is 94.5 Å². The van der Waals surface area contributed by atoms with Gasteiger partial charge >= 0.3 is 5.97 Å². The average molecular weight is 473 g/mol. The van der Waals surface area contributed by atoms with Crippen molar-refractivity contribution in [2.45, 2.75) is 52.4 Å². The highest BCUT2D eigenvalue weighted by Crippen LogP contribution is 2.25. The van der Waals surface area contributed by atoms with E-state index < -0.39 is 5.97 Å². The zero-order valence-electron chi connectivity index (χ0n) is 21.0. The third kappa shape index (κ3) is 6.57. The SMILES string of the molecule is CC(C)(C)c1ccc(C(=O)Nc2cc(NC(=O)c3ccc(C(C)(C)C)cc3)cc(C(=O)O)c2)cc1. The molecule has 0 heterocycles. The molecule has 6 nitrogen and oxygen atoms in total. The zero-order chi connectivity index (χ0) is 26.0. The number of carboxylic acid groups (broad SMARTS) is 1. The lowest BCUT2D eigenvalue weighted by Crippen LogP contribution is -2.16. The van der Waals surface area contributed by atoms with Crippen molar-refractivity contribution in [3.63, 3.8) is 0 Å².